The van der Waals surface area contributed by atoms with Gasteiger partial charge in [0.1, 0.15) is 6.04 Å². The standard InChI is InChI=1S/C16H19N3O5/c1-18-14-10(9-24-8-7-20)3-2-4-11(14)19(16(18)23)12-5-6-13(21)17-15(12)22/h2-4,12,20H,5-9H2,1H3,(H,17,21,22). The second-order valence-electron chi connectivity index (χ2n) is 5.74. The number of carbonyl (C=O) groups excluding carboxylic acids is 2. The summed E-state index contributed by atoms with van der Waals surface area (Å²) in [6.45, 7) is 0.384. The number of imide groups is 1. The molecule has 1 aromatic carbocycles. The Kier molecular flexibility index (Phi) is 4.50. The van der Waals surface area contributed by atoms with Gasteiger partial charge in [-0.25, -0.2) is 4.79 Å². The number of hydrogen-bond donors (Lipinski definition) is 2. The largest absolute Gasteiger partial charge is 0.394 e. The van der Waals surface area contributed by atoms with Gasteiger partial charge in [0.2, 0.25) is 11.8 Å². The van der Waals surface area contributed by atoms with Crippen molar-refractivity contribution in [1.29, 1.82) is 0 Å². The van der Waals surface area contributed by atoms with Crippen LogP contribution in [-0.4, -0.2) is 39.3 Å². The van der Waals surface area contributed by atoms with Gasteiger partial charge in [-0.2, -0.15) is 0 Å². The highest BCUT2D eigenvalue weighted by Crippen LogP contribution is 2.25. The minimum atomic E-state index is -0.701. The van der Waals surface area contributed by atoms with Gasteiger partial charge in [-0.3, -0.25) is 24.0 Å². The first kappa shape index (κ1) is 16.4. The quantitative estimate of drug-likeness (QED) is 0.584. The molecule has 2 N–H and O–H groups in total. The van der Waals surface area contributed by atoms with Crippen molar-refractivity contribution in [2.24, 2.45) is 7.05 Å². The molecular formula is C16H19N3O5. The maximum atomic E-state index is 12.7. The Hall–Kier alpha value is -2.45. The van der Waals surface area contributed by atoms with Crippen LogP contribution in [0, 0.1) is 0 Å². The van der Waals surface area contributed by atoms with Crippen molar-refractivity contribution in [2.45, 2.75) is 25.5 Å². The minimum Gasteiger partial charge on any atom is -0.394 e. The number of aromatic nitrogens is 2. The zero-order chi connectivity index (χ0) is 17.3. The Balaban J connectivity index is 2.08. The van der Waals surface area contributed by atoms with Crippen LogP contribution < -0.4 is 11.0 Å². The number of fused-ring (bicyclic) bond motifs is 1. The van der Waals surface area contributed by atoms with Crippen LogP contribution in [0.3, 0.4) is 0 Å². The molecule has 128 valence electrons. The van der Waals surface area contributed by atoms with Crippen molar-refractivity contribution < 1.29 is 19.4 Å². The van der Waals surface area contributed by atoms with E-state index in [2.05, 4.69) is 5.32 Å². The fourth-order valence-corrected chi connectivity index (χ4v) is 3.11. The lowest BCUT2D eigenvalue weighted by Crippen LogP contribution is -2.44. The number of ether oxygens (including phenoxy) is 1. The third-order valence-electron chi connectivity index (χ3n) is 4.20. The van der Waals surface area contributed by atoms with Gasteiger partial charge in [0.25, 0.3) is 0 Å². The second kappa shape index (κ2) is 6.58. The van der Waals surface area contributed by atoms with Crippen LogP contribution >= 0.6 is 0 Å². The molecule has 2 amide bonds. The van der Waals surface area contributed by atoms with Crippen molar-refractivity contribution in [2.75, 3.05) is 13.2 Å². The number of nitrogens with one attached hydrogen (secondary N) is 1. The molecule has 1 unspecified atom stereocenters. The number of para-hydroxylation sites is 1. The summed E-state index contributed by atoms with van der Waals surface area (Å²) in [5.74, 6) is -0.773. The first-order valence-corrected chi connectivity index (χ1v) is 7.75. The maximum absolute atomic E-state index is 12.7. The van der Waals surface area contributed by atoms with Gasteiger partial charge in [0.05, 0.1) is 30.9 Å². The van der Waals surface area contributed by atoms with Crippen molar-refractivity contribution >= 4 is 22.8 Å². The molecule has 2 aromatic rings. The number of carbonyl (C=O) groups is 2. The van der Waals surface area contributed by atoms with Crippen LogP contribution in [0.5, 0.6) is 0 Å². The summed E-state index contributed by atoms with van der Waals surface area (Å²) in [6, 6.07) is 4.71. The number of imidazole rings is 1. The number of hydrogen-bond acceptors (Lipinski definition) is 5. The smallest absolute Gasteiger partial charge is 0.329 e. The average Bonchev–Trinajstić information content (AvgIpc) is 2.81. The van der Waals surface area contributed by atoms with E-state index in [4.69, 9.17) is 9.84 Å². The SMILES string of the molecule is Cn1c(=O)n(C2CCC(=O)NC2=O)c2cccc(COCCO)c21. The van der Waals surface area contributed by atoms with E-state index in [0.717, 1.165) is 5.56 Å². The molecule has 0 bridgehead atoms. The Morgan fingerprint density at radius 3 is 2.83 bits per heavy atom. The van der Waals surface area contributed by atoms with Gasteiger partial charge in [-0.15, -0.1) is 0 Å². The predicted molar refractivity (Wildman–Crippen MR) is 85.3 cm³/mol. The van der Waals surface area contributed by atoms with E-state index in [-0.39, 0.29) is 37.8 Å². The molecule has 8 nitrogen and oxygen atoms in total. The molecule has 0 aliphatic carbocycles. The van der Waals surface area contributed by atoms with Crippen LogP contribution in [0.4, 0.5) is 0 Å². The van der Waals surface area contributed by atoms with Crippen LogP contribution in [0.15, 0.2) is 23.0 Å². The average molecular weight is 333 g/mol. The third kappa shape index (κ3) is 2.74. The highest BCUT2D eigenvalue weighted by atomic mass is 16.5. The van der Waals surface area contributed by atoms with Crippen LogP contribution in [0.1, 0.15) is 24.4 Å². The Morgan fingerprint density at radius 1 is 1.33 bits per heavy atom. The summed E-state index contributed by atoms with van der Waals surface area (Å²) in [5, 5.41) is 11.1. The molecule has 3 rings (SSSR count). The number of aliphatic hydroxyl groups excluding tert-OH is 1. The summed E-state index contributed by atoms with van der Waals surface area (Å²) in [6.07, 6.45) is 0.507. The first-order chi connectivity index (χ1) is 11.5. The monoisotopic (exact) mass is 333 g/mol. The lowest BCUT2D eigenvalue weighted by molar-refractivity contribution is -0.135. The molecule has 1 saturated heterocycles. The van der Waals surface area contributed by atoms with Gasteiger partial charge >= 0.3 is 5.69 Å². The van der Waals surface area contributed by atoms with E-state index in [1.165, 1.54) is 9.13 Å². The Labute approximate surface area is 137 Å². The summed E-state index contributed by atoms with van der Waals surface area (Å²) >= 11 is 0. The highest BCUT2D eigenvalue weighted by molar-refractivity contribution is 6.00. The molecule has 0 spiro atoms. The molecule has 1 atom stereocenters. The summed E-state index contributed by atoms with van der Waals surface area (Å²) < 4.78 is 8.28. The van der Waals surface area contributed by atoms with E-state index < -0.39 is 11.9 Å². The lowest BCUT2D eigenvalue weighted by Gasteiger charge is -2.21. The van der Waals surface area contributed by atoms with Crippen molar-refractivity contribution in [3.8, 4) is 0 Å². The predicted octanol–water partition coefficient (Wildman–Crippen LogP) is -0.173. The van der Waals surface area contributed by atoms with E-state index in [0.29, 0.717) is 17.5 Å². The molecule has 0 radical (unpaired) electrons. The molecule has 24 heavy (non-hydrogen) atoms. The lowest BCUT2D eigenvalue weighted by atomic mass is 10.1. The number of amides is 2. The molecule has 2 heterocycles. The summed E-state index contributed by atoms with van der Waals surface area (Å²) in [7, 11) is 1.64. The van der Waals surface area contributed by atoms with E-state index >= 15 is 0 Å². The van der Waals surface area contributed by atoms with E-state index in [1.54, 1.807) is 19.2 Å². The number of piperidine rings is 1. The highest BCUT2D eigenvalue weighted by Gasteiger charge is 2.31. The number of benzene rings is 1. The molecular weight excluding hydrogens is 314 g/mol. The number of aryl methyl sites for hydroxylation is 1. The number of rotatable bonds is 5. The number of nitrogens with zero attached hydrogens (tertiary/aromatic N) is 2. The third-order valence-corrected chi connectivity index (χ3v) is 4.20. The van der Waals surface area contributed by atoms with Gasteiger partial charge in [0, 0.05) is 19.0 Å². The molecule has 1 aliphatic rings. The zero-order valence-corrected chi connectivity index (χ0v) is 13.3. The first-order valence-electron chi connectivity index (χ1n) is 7.75. The number of aliphatic hydroxyl groups is 1. The molecule has 8 heteroatoms. The zero-order valence-electron chi connectivity index (χ0n) is 13.3. The normalized spacial score (nSPS) is 18.2. The van der Waals surface area contributed by atoms with E-state index in [1.807, 2.05) is 6.07 Å². The van der Waals surface area contributed by atoms with Crippen LogP contribution in [0.2, 0.25) is 0 Å². The topological polar surface area (TPSA) is 103 Å². The molecule has 1 aliphatic heterocycles. The second-order valence-corrected chi connectivity index (χ2v) is 5.74. The summed E-state index contributed by atoms with van der Waals surface area (Å²) in [5.41, 5.74) is 1.80. The Morgan fingerprint density at radius 2 is 2.12 bits per heavy atom. The fraction of sp³-hybridized carbons (Fsp3) is 0.438. The van der Waals surface area contributed by atoms with Crippen molar-refractivity contribution in [3.05, 3.63) is 34.2 Å². The van der Waals surface area contributed by atoms with Crippen LogP contribution in [-0.2, 0) is 28.0 Å². The molecule has 1 fully saturated rings. The van der Waals surface area contributed by atoms with Crippen LogP contribution in [0.25, 0.3) is 11.0 Å². The van der Waals surface area contributed by atoms with Gasteiger partial charge in [0.15, 0.2) is 0 Å². The van der Waals surface area contributed by atoms with Crippen molar-refractivity contribution in [1.82, 2.24) is 14.5 Å². The fourth-order valence-electron chi connectivity index (χ4n) is 3.11. The van der Waals surface area contributed by atoms with E-state index in [9.17, 15) is 14.4 Å². The van der Waals surface area contributed by atoms with Crippen molar-refractivity contribution in [3.63, 3.8) is 0 Å². The summed E-state index contributed by atoms with van der Waals surface area (Å²) in [4.78, 5) is 36.2. The molecule has 1 aromatic heterocycles. The van der Waals surface area contributed by atoms with Gasteiger partial charge in [-0.1, -0.05) is 12.1 Å². The van der Waals surface area contributed by atoms with Gasteiger partial charge < -0.3 is 9.84 Å². The van der Waals surface area contributed by atoms with Gasteiger partial charge in [-0.05, 0) is 12.5 Å². The Bertz CT molecular complexity index is 851. The minimum absolute atomic E-state index is 0.0772. The maximum Gasteiger partial charge on any atom is 0.329 e. The molecule has 0 saturated carbocycles.